The molecule has 0 unspecified atom stereocenters. The Labute approximate surface area is 124 Å². The lowest BCUT2D eigenvalue weighted by molar-refractivity contribution is 0.0948. The van der Waals surface area contributed by atoms with E-state index in [1.807, 2.05) is 20.8 Å². The zero-order valence-electron chi connectivity index (χ0n) is 12.7. The molecule has 21 heavy (non-hydrogen) atoms. The Kier molecular flexibility index (Phi) is 4.57. The minimum atomic E-state index is -0.133. The maximum Gasteiger partial charge on any atom is 0.252 e. The van der Waals surface area contributed by atoms with Crippen LogP contribution in [-0.4, -0.2) is 39.3 Å². The van der Waals surface area contributed by atoms with Gasteiger partial charge in [0, 0.05) is 30.4 Å². The largest absolute Gasteiger partial charge is 0.396 e. The number of aliphatic hydroxyl groups excluding tert-OH is 1. The second-order valence-corrected chi connectivity index (χ2v) is 6.13. The van der Waals surface area contributed by atoms with Crippen molar-refractivity contribution in [3.05, 3.63) is 23.5 Å². The van der Waals surface area contributed by atoms with Crippen molar-refractivity contribution in [2.24, 2.45) is 5.41 Å². The van der Waals surface area contributed by atoms with E-state index in [1.165, 1.54) is 6.20 Å². The van der Waals surface area contributed by atoms with E-state index in [1.54, 1.807) is 6.07 Å². The van der Waals surface area contributed by atoms with Gasteiger partial charge in [0.1, 0.15) is 0 Å². The fraction of sp³-hybridized carbons (Fsp3) is 0.533. The third-order valence-electron chi connectivity index (χ3n) is 3.61. The number of hydrogen-bond donors (Lipinski definition) is 3. The molecule has 0 aliphatic carbocycles. The van der Waals surface area contributed by atoms with E-state index in [0.29, 0.717) is 17.8 Å². The van der Waals surface area contributed by atoms with Gasteiger partial charge in [-0.2, -0.15) is 5.10 Å². The maximum absolute atomic E-state index is 12.1. The van der Waals surface area contributed by atoms with Crippen molar-refractivity contribution in [2.75, 3.05) is 13.2 Å². The summed E-state index contributed by atoms with van der Waals surface area (Å²) in [5, 5.41) is 19.8. The van der Waals surface area contributed by atoms with Crippen LogP contribution in [0.3, 0.4) is 0 Å². The monoisotopic (exact) mass is 290 g/mol. The Morgan fingerprint density at radius 1 is 1.48 bits per heavy atom. The van der Waals surface area contributed by atoms with E-state index >= 15 is 0 Å². The Morgan fingerprint density at radius 3 is 2.95 bits per heavy atom. The van der Waals surface area contributed by atoms with Crippen molar-refractivity contribution in [1.82, 2.24) is 20.5 Å². The molecule has 2 heterocycles. The molecule has 3 N–H and O–H groups in total. The number of aryl methyl sites for hydroxylation is 1. The number of aromatic amines is 1. The van der Waals surface area contributed by atoms with Crippen LogP contribution < -0.4 is 5.32 Å². The molecule has 1 amide bonds. The number of carbonyl (C=O) groups excluding carboxylic acids is 1. The summed E-state index contributed by atoms with van der Waals surface area (Å²) in [4.78, 5) is 16.3. The Hall–Kier alpha value is -1.95. The number of fused-ring (bicyclic) bond motifs is 1. The molecule has 6 nitrogen and oxygen atoms in total. The summed E-state index contributed by atoms with van der Waals surface area (Å²) in [5.74, 6) is -0.133. The number of hydrogen-bond acceptors (Lipinski definition) is 4. The van der Waals surface area contributed by atoms with Crippen LogP contribution in [0.5, 0.6) is 0 Å². The van der Waals surface area contributed by atoms with Gasteiger partial charge in [-0.1, -0.05) is 13.8 Å². The van der Waals surface area contributed by atoms with Crippen LogP contribution >= 0.6 is 0 Å². The highest BCUT2D eigenvalue weighted by Crippen LogP contribution is 2.20. The van der Waals surface area contributed by atoms with Crippen molar-refractivity contribution in [1.29, 1.82) is 0 Å². The molecule has 0 aliphatic rings. The molecule has 114 valence electrons. The third-order valence-corrected chi connectivity index (χ3v) is 3.61. The molecular weight excluding hydrogens is 268 g/mol. The standard InChI is InChI=1S/C15H22N4O2/c1-10-12-7-11(8-17-13(12)19-18-10)14(21)16-6-4-5-15(2,3)9-20/h7-8,20H,4-6,9H2,1-3H3,(H,16,21)(H,17,18,19). The lowest BCUT2D eigenvalue weighted by Gasteiger charge is -2.21. The minimum absolute atomic E-state index is 0.0981. The topological polar surface area (TPSA) is 90.9 Å². The first-order chi connectivity index (χ1) is 9.93. The molecule has 0 aliphatic heterocycles. The minimum Gasteiger partial charge on any atom is -0.396 e. The highest BCUT2D eigenvalue weighted by Gasteiger charge is 2.16. The molecule has 2 aromatic rings. The van der Waals surface area contributed by atoms with Gasteiger partial charge in [0.2, 0.25) is 0 Å². The third kappa shape index (κ3) is 3.78. The van der Waals surface area contributed by atoms with Crippen molar-refractivity contribution < 1.29 is 9.90 Å². The number of aliphatic hydroxyl groups is 1. The van der Waals surface area contributed by atoms with E-state index in [4.69, 9.17) is 0 Å². The smallest absolute Gasteiger partial charge is 0.252 e. The van der Waals surface area contributed by atoms with Crippen LogP contribution in [0.2, 0.25) is 0 Å². The molecule has 0 atom stereocenters. The molecule has 0 fully saturated rings. The molecule has 6 heteroatoms. The first kappa shape index (κ1) is 15.4. The molecule has 0 bridgehead atoms. The summed E-state index contributed by atoms with van der Waals surface area (Å²) < 4.78 is 0. The highest BCUT2D eigenvalue weighted by atomic mass is 16.3. The number of nitrogens with one attached hydrogen (secondary N) is 2. The van der Waals surface area contributed by atoms with Gasteiger partial charge in [-0.15, -0.1) is 0 Å². The molecule has 2 rings (SSSR count). The van der Waals surface area contributed by atoms with Gasteiger partial charge in [0.15, 0.2) is 5.65 Å². The number of nitrogens with zero attached hydrogens (tertiary/aromatic N) is 2. The first-order valence-corrected chi connectivity index (χ1v) is 7.13. The summed E-state index contributed by atoms with van der Waals surface area (Å²) in [6, 6.07) is 1.80. The predicted octanol–water partition coefficient (Wildman–Crippen LogP) is 1.79. The summed E-state index contributed by atoms with van der Waals surface area (Å²) >= 11 is 0. The van der Waals surface area contributed by atoms with Gasteiger partial charge >= 0.3 is 0 Å². The lowest BCUT2D eigenvalue weighted by atomic mass is 9.89. The molecule has 0 saturated heterocycles. The van der Waals surface area contributed by atoms with Crippen LogP contribution in [0.4, 0.5) is 0 Å². The Morgan fingerprint density at radius 2 is 2.24 bits per heavy atom. The number of aromatic nitrogens is 3. The quantitative estimate of drug-likeness (QED) is 0.707. The number of carbonyl (C=O) groups is 1. The van der Waals surface area contributed by atoms with Crippen molar-refractivity contribution >= 4 is 16.9 Å². The van der Waals surface area contributed by atoms with Gasteiger partial charge in [-0.3, -0.25) is 9.89 Å². The van der Waals surface area contributed by atoms with Gasteiger partial charge in [0.25, 0.3) is 5.91 Å². The van der Waals surface area contributed by atoms with E-state index in [-0.39, 0.29) is 17.9 Å². The van der Waals surface area contributed by atoms with Gasteiger partial charge in [-0.05, 0) is 31.2 Å². The molecule has 0 aromatic carbocycles. The van der Waals surface area contributed by atoms with E-state index in [9.17, 15) is 9.90 Å². The van der Waals surface area contributed by atoms with E-state index in [2.05, 4.69) is 20.5 Å². The van der Waals surface area contributed by atoms with Crippen LogP contribution in [0.25, 0.3) is 11.0 Å². The molecule has 2 aromatic heterocycles. The van der Waals surface area contributed by atoms with E-state index < -0.39 is 0 Å². The van der Waals surface area contributed by atoms with Crippen LogP contribution in [-0.2, 0) is 0 Å². The first-order valence-electron chi connectivity index (χ1n) is 7.13. The van der Waals surface area contributed by atoms with Gasteiger partial charge < -0.3 is 10.4 Å². The fourth-order valence-corrected chi connectivity index (χ4v) is 2.09. The zero-order valence-corrected chi connectivity index (χ0v) is 12.7. The normalized spacial score (nSPS) is 11.8. The van der Waals surface area contributed by atoms with Crippen LogP contribution in [0.15, 0.2) is 12.3 Å². The molecule has 0 saturated carbocycles. The average molecular weight is 290 g/mol. The summed E-state index contributed by atoms with van der Waals surface area (Å²) in [6.07, 6.45) is 3.23. The Balaban J connectivity index is 1.91. The van der Waals surface area contributed by atoms with Crippen LogP contribution in [0, 0.1) is 12.3 Å². The summed E-state index contributed by atoms with van der Waals surface area (Å²) in [7, 11) is 0. The maximum atomic E-state index is 12.1. The average Bonchev–Trinajstić information content (AvgIpc) is 2.84. The number of pyridine rings is 1. The fourth-order valence-electron chi connectivity index (χ4n) is 2.09. The predicted molar refractivity (Wildman–Crippen MR) is 81.1 cm³/mol. The Bertz CT molecular complexity index is 634. The zero-order chi connectivity index (χ0) is 15.5. The van der Waals surface area contributed by atoms with Gasteiger partial charge in [0.05, 0.1) is 5.56 Å². The molecule has 0 radical (unpaired) electrons. The molecular formula is C15H22N4O2. The number of H-pyrrole nitrogens is 1. The summed E-state index contributed by atoms with van der Waals surface area (Å²) in [6.45, 7) is 6.66. The van der Waals surface area contributed by atoms with Crippen molar-refractivity contribution in [3.8, 4) is 0 Å². The van der Waals surface area contributed by atoms with Gasteiger partial charge in [-0.25, -0.2) is 4.98 Å². The second kappa shape index (κ2) is 6.22. The molecule has 0 spiro atoms. The SMILES string of the molecule is Cc1[nH]nc2ncc(C(=O)NCCCC(C)(C)CO)cc12. The number of rotatable bonds is 6. The van der Waals surface area contributed by atoms with Crippen LogP contribution in [0.1, 0.15) is 42.7 Å². The number of amides is 1. The lowest BCUT2D eigenvalue weighted by Crippen LogP contribution is -2.26. The van der Waals surface area contributed by atoms with E-state index in [0.717, 1.165) is 23.9 Å². The second-order valence-electron chi connectivity index (χ2n) is 6.13. The summed E-state index contributed by atoms with van der Waals surface area (Å²) in [5.41, 5.74) is 1.96. The highest BCUT2D eigenvalue weighted by molar-refractivity contribution is 5.97. The van der Waals surface area contributed by atoms with Crippen molar-refractivity contribution in [3.63, 3.8) is 0 Å². The van der Waals surface area contributed by atoms with Crippen molar-refractivity contribution in [2.45, 2.75) is 33.6 Å².